The van der Waals surface area contributed by atoms with Crippen LogP contribution in [0.4, 0.5) is 0 Å². The van der Waals surface area contributed by atoms with E-state index in [9.17, 15) is 4.79 Å². The molecule has 0 aliphatic heterocycles. The van der Waals surface area contributed by atoms with E-state index < -0.39 is 0 Å². The Morgan fingerprint density at radius 1 is 1.37 bits per heavy atom. The van der Waals surface area contributed by atoms with E-state index >= 15 is 0 Å². The van der Waals surface area contributed by atoms with Crippen molar-refractivity contribution in [2.45, 2.75) is 12.8 Å². The van der Waals surface area contributed by atoms with Gasteiger partial charge in [-0.3, -0.25) is 4.79 Å². The van der Waals surface area contributed by atoms with E-state index in [1.165, 1.54) is 12.8 Å². The standard InChI is InChI=1S/C15H22N2O2/c1-17(15(18)12-16-11-13-7-8-13)9-10-19-14-5-3-2-4-6-14/h2-6,13,16H,7-12H2,1H3. The number of carbonyl (C=O) groups excluding carboxylic acids is 1. The Bertz CT molecular complexity index is 390. The van der Waals surface area contributed by atoms with Crippen molar-refractivity contribution in [1.82, 2.24) is 10.2 Å². The predicted molar refractivity (Wildman–Crippen MR) is 75.2 cm³/mol. The first-order valence-electron chi connectivity index (χ1n) is 6.88. The molecular weight excluding hydrogens is 240 g/mol. The predicted octanol–water partition coefficient (Wildman–Crippen LogP) is 1.52. The number of amides is 1. The van der Waals surface area contributed by atoms with Gasteiger partial charge >= 0.3 is 0 Å². The number of carbonyl (C=O) groups is 1. The highest BCUT2D eigenvalue weighted by molar-refractivity contribution is 5.77. The van der Waals surface area contributed by atoms with Gasteiger partial charge in [0.05, 0.1) is 13.1 Å². The van der Waals surface area contributed by atoms with E-state index in [0.717, 1.165) is 18.2 Å². The van der Waals surface area contributed by atoms with Gasteiger partial charge in [0.2, 0.25) is 5.91 Å². The number of nitrogens with zero attached hydrogens (tertiary/aromatic N) is 1. The molecule has 1 aliphatic rings. The second-order valence-corrected chi connectivity index (χ2v) is 5.05. The maximum absolute atomic E-state index is 11.8. The number of para-hydroxylation sites is 1. The molecule has 4 nitrogen and oxygen atoms in total. The number of rotatable bonds is 8. The molecule has 0 spiro atoms. The molecule has 1 amide bonds. The molecule has 0 saturated heterocycles. The minimum absolute atomic E-state index is 0.123. The summed E-state index contributed by atoms with van der Waals surface area (Å²) in [7, 11) is 1.81. The molecule has 104 valence electrons. The molecule has 0 heterocycles. The number of hydrogen-bond acceptors (Lipinski definition) is 3. The quantitative estimate of drug-likeness (QED) is 0.772. The molecule has 1 fully saturated rings. The second kappa shape index (κ2) is 7.14. The van der Waals surface area contributed by atoms with Gasteiger partial charge in [0.15, 0.2) is 0 Å². The van der Waals surface area contributed by atoms with E-state index in [0.29, 0.717) is 19.7 Å². The average molecular weight is 262 g/mol. The topological polar surface area (TPSA) is 41.6 Å². The Morgan fingerprint density at radius 3 is 2.79 bits per heavy atom. The summed E-state index contributed by atoms with van der Waals surface area (Å²) in [5, 5.41) is 3.20. The van der Waals surface area contributed by atoms with Gasteiger partial charge in [0.1, 0.15) is 12.4 Å². The van der Waals surface area contributed by atoms with Gasteiger partial charge in [0.25, 0.3) is 0 Å². The van der Waals surface area contributed by atoms with Crippen LogP contribution in [0.2, 0.25) is 0 Å². The molecule has 0 bridgehead atoms. The largest absolute Gasteiger partial charge is 0.492 e. The molecule has 2 rings (SSSR count). The van der Waals surface area contributed by atoms with E-state index in [4.69, 9.17) is 4.74 Å². The zero-order valence-electron chi connectivity index (χ0n) is 11.5. The smallest absolute Gasteiger partial charge is 0.236 e. The van der Waals surface area contributed by atoms with Gasteiger partial charge in [-0.1, -0.05) is 18.2 Å². The van der Waals surface area contributed by atoms with E-state index in [-0.39, 0.29) is 5.91 Å². The Morgan fingerprint density at radius 2 is 2.11 bits per heavy atom. The lowest BCUT2D eigenvalue weighted by Gasteiger charge is -2.17. The number of ether oxygens (including phenoxy) is 1. The second-order valence-electron chi connectivity index (χ2n) is 5.05. The fraction of sp³-hybridized carbons (Fsp3) is 0.533. The summed E-state index contributed by atoms with van der Waals surface area (Å²) >= 11 is 0. The van der Waals surface area contributed by atoms with Crippen molar-refractivity contribution >= 4 is 5.91 Å². The highest BCUT2D eigenvalue weighted by atomic mass is 16.5. The Kier molecular flexibility index (Phi) is 5.21. The maximum Gasteiger partial charge on any atom is 0.236 e. The molecule has 0 radical (unpaired) electrons. The van der Waals surface area contributed by atoms with Crippen LogP contribution in [0.5, 0.6) is 5.75 Å². The molecule has 4 heteroatoms. The summed E-state index contributed by atoms with van der Waals surface area (Å²) in [6, 6.07) is 9.66. The minimum Gasteiger partial charge on any atom is -0.492 e. The van der Waals surface area contributed by atoms with Crippen molar-refractivity contribution in [3.63, 3.8) is 0 Å². The van der Waals surface area contributed by atoms with E-state index in [2.05, 4.69) is 5.32 Å². The first kappa shape index (κ1) is 13.9. The third-order valence-corrected chi connectivity index (χ3v) is 3.27. The molecule has 19 heavy (non-hydrogen) atoms. The fourth-order valence-corrected chi connectivity index (χ4v) is 1.78. The molecule has 1 N–H and O–H groups in total. The molecule has 1 aliphatic carbocycles. The van der Waals surface area contributed by atoms with Crippen molar-refractivity contribution < 1.29 is 9.53 Å². The highest BCUT2D eigenvalue weighted by Gasteiger charge is 2.20. The molecular formula is C15H22N2O2. The van der Waals surface area contributed by atoms with Crippen LogP contribution in [-0.2, 0) is 4.79 Å². The number of nitrogens with one attached hydrogen (secondary N) is 1. The number of benzene rings is 1. The van der Waals surface area contributed by atoms with Gasteiger partial charge in [-0.2, -0.15) is 0 Å². The summed E-state index contributed by atoms with van der Waals surface area (Å²) < 4.78 is 5.57. The Labute approximate surface area is 114 Å². The molecule has 1 aromatic carbocycles. The van der Waals surface area contributed by atoms with Crippen molar-refractivity contribution in [2.75, 3.05) is 33.3 Å². The normalized spacial score (nSPS) is 14.2. The lowest BCUT2D eigenvalue weighted by molar-refractivity contribution is -0.129. The first-order chi connectivity index (χ1) is 9.25. The third-order valence-electron chi connectivity index (χ3n) is 3.27. The van der Waals surface area contributed by atoms with Crippen LogP contribution in [0.3, 0.4) is 0 Å². The summed E-state index contributed by atoms with van der Waals surface area (Å²) in [4.78, 5) is 13.5. The molecule has 1 saturated carbocycles. The van der Waals surface area contributed by atoms with E-state index in [1.54, 1.807) is 4.90 Å². The van der Waals surface area contributed by atoms with Crippen LogP contribution in [-0.4, -0.2) is 44.1 Å². The number of hydrogen-bond donors (Lipinski definition) is 1. The summed E-state index contributed by atoms with van der Waals surface area (Å²) in [6.07, 6.45) is 2.61. The minimum atomic E-state index is 0.123. The highest BCUT2D eigenvalue weighted by Crippen LogP contribution is 2.27. The number of likely N-dealkylation sites (N-methyl/N-ethyl adjacent to an activating group) is 1. The van der Waals surface area contributed by atoms with Crippen molar-refractivity contribution in [1.29, 1.82) is 0 Å². The third kappa shape index (κ3) is 5.30. The van der Waals surface area contributed by atoms with Crippen LogP contribution in [0.1, 0.15) is 12.8 Å². The molecule has 0 atom stereocenters. The van der Waals surface area contributed by atoms with Gasteiger partial charge < -0.3 is 15.0 Å². The lowest BCUT2D eigenvalue weighted by Crippen LogP contribution is -2.38. The van der Waals surface area contributed by atoms with Crippen molar-refractivity contribution in [2.24, 2.45) is 5.92 Å². The fourth-order valence-electron chi connectivity index (χ4n) is 1.78. The van der Waals surface area contributed by atoms with Crippen LogP contribution in [0.25, 0.3) is 0 Å². The summed E-state index contributed by atoms with van der Waals surface area (Å²) in [5.74, 6) is 1.77. The lowest BCUT2D eigenvalue weighted by atomic mass is 10.3. The Balaban J connectivity index is 1.57. The zero-order chi connectivity index (χ0) is 13.5. The molecule has 0 aromatic heterocycles. The van der Waals surface area contributed by atoms with Crippen LogP contribution in [0.15, 0.2) is 30.3 Å². The van der Waals surface area contributed by atoms with Crippen LogP contribution in [0, 0.1) is 5.92 Å². The van der Waals surface area contributed by atoms with Crippen molar-refractivity contribution in [3.8, 4) is 5.75 Å². The summed E-state index contributed by atoms with van der Waals surface area (Å²) in [5.41, 5.74) is 0. The molecule has 1 aromatic rings. The van der Waals surface area contributed by atoms with Gasteiger partial charge in [-0.25, -0.2) is 0 Å². The maximum atomic E-state index is 11.8. The molecule has 0 unspecified atom stereocenters. The van der Waals surface area contributed by atoms with Gasteiger partial charge in [0, 0.05) is 7.05 Å². The SMILES string of the molecule is CN(CCOc1ccccc1)C(=O)CNCC1CC1. The average Bonchev–Trinajstić information content (AvgIpc) is 3.24. The zero-order valence-corrected chi connectivity index (χ0v) is 11.5. The van der Waals surface area contributed by atoms with Crippen LogP contribution >= 0.6 is 0 Å². The van der Waals surface area contributed by atoms with Gasteiger partial charge in [-0.05, 0) is 37.4 Å². The Hall–Kier alpha value is -1.55. The summed E-state index contributed by atoms with van der Waals surface area (Å²) in [6.45, 7) is 2.53. The first-order valence-corrected chi connectivity index (χ1v) is 6.88. The van der Waals surface area contributed by atoms with Crippen LogP contribution < -0.4 is 10.1 Å². The monoisotopic (exact) mass is 262 g/mol. The van der Waals surface area contributed by atoms with Crippen molar-refractivity contribution in [3.05, 3.63) is 30.3 Å². The van der Waals surface area contributed by atoms with E-state index in [1.807, 2.05) is 37.4 Å². The van der Waals surface area contributed by atoms with Gasteiger partial charge in [-0.15, -0.1) is 0 Å².